The molecule has 0 amide bonds. The lowest BCUT2D eigenvalue weighted by Crippen LogP contribution is -1.91. The first kappa shape index (κ1) is 26.6. The van der Waals surface area contributed by atoms with Crippen molar-refractivity contribution in [1.82, 2.24) is 9.97 Å². The molecule has 6 aromatic rings. The van der Waals surface area contributed by atoms with E-state index in [2.05, 4.69) is 44.5 Å². The fourth-order valence-electron chi connectivity index (χ4n) is 4.83. The molecule has 0 spiro atoms. The number of ether oxygens (including phenoxy) is 2. The summed E-state index contributed by atoms with van der Waals surface area (Å²) >= 11 is 0. The number of benzene rings is 4. The topological polar surface area (TPSA) is 69.0 Å². The van der Waals surface area contributed by atoms with Gasteiger partial charge in [0.1, 0.15) is 11.5 Å². The molecular formula is C36H28N4O2. The van der Waals surface area contributed by atoms with Gasteiger partial charge < -0.3 is 9.47 Å². The van der Waals surface area contributed by atoms with E-state index in [0.29, 0.717) is 0 Å². The number of hydrogen-bond acceptors (Lipinski definition) is 6. The van der Waals surface area contributed by atoms with Crippen molar-refractivity contribution in [3.05, 3.63) is 134 Å². The Morgan fingerprint density at radius 2 is 0.905 bits per heavy atom. The number of azo groups is 1. The molecule has 0 N–H and O–H groups in total. The molecule has 2 heterocycles. The van der Waals surface area contributed by atoms with E-state index < -0.39 is 0 Å². The number of nitrogens with zero attached hydrogens (tertiary/aromatic N) is 4. The van der Waals surface area contributed by atoms with E-state index in [4.69, 9.17) is 9.47 Å². The normalized spacial score (nSPS) is 11.0. The first-order chi connectivity index (χ1) is 20.7. The summed E-state index contributed by atoms with van der Waals surface area (Å²) in [6, 6.07) is 40.0. The van der Waals surface area contributed by atoms with E-state index in [1.165, 1.54) is 0 Å². The van der Waals surface area contributed by atoms with Crippen LogP contribution in [0.5, 0.6) is 11.5 Å². The van der Waals surface area contributed by atoms with E-state index in [1.54, 1.807) is 26.6 Å². The Hall–Kier alpha value is -5.62. The highest BCUT2D eigenvalue weighted by molar-refractivity contribution is 5.78. The van der Waals surface area contributed by atoms with Crippen molar-refractivity contribution < 1.29 is 9.47 Å². The number of rotatable bonds is 8. The number of aromatic nitrogens is 2. The Balaban J connectivity index is 1.27. The van der Waals surface area contributed by atoms with Crippen LogP contribution < -0.4 is 9.47 Å². The van der Waals surface area contributed by atoms with E-state index >= 15 is 0 Å². The van der Waals surface area contributed by atoms with E-state index in [0.717, 1.165) is 67.6 Å². The van der Waals surface area contributed by atoms with Crippen LogP contribution in [0.2, 0.25) is 0 Å². The van der Waals surface area contributed by atoms with Crippen LogP contribution in [0.4, 0.5) is 11.4 Å². The summed E-state index contributed by atoms with van der Waals surface area (Å²) in [6.45, 7) is 0. The largest absolute Gasteiger partial charge is 0.496 e. The van der Waals surface area contributed by atoms with Crippen LogP contribution in [-0.4, -0.2) is 24.2 Å². The lowest BCUT2D eigenvalue weighted by Gasteiger charge is -2.11. The summed E-state index contributed by atoms with van der Waals surface area (Å²) in [7, 11) is 3.34. The predicted molar refractivity (Wildman–Crippen MR) is 167 cm³/mol. The summed E-state index contributed by atoms with van der Waals surface area (Å²) in [4.78, 5) is 9.02. The third-order valence-corrected chi connectivity index (χ3v) is 6.92. The molecule has 0 unspecified atom stereocenters. The zero-order valence-corrected chi connectivity index (χ0v) is 23.3. The van der Waals surface area contributed by atoms with Crippen molar-refractivity contribution in [2.24, 2.45) is 10.2 Å². The summed E-state index contributed by atoms with van der Waals surface area (Å²) in [6.07, 6.45) is 3.57. The summed E-state index contributed by atoms with van der Waals surface area (Å²) in [5.41, 5.74) is 9.24. The summed E-state index contributed by atoms with van der Waals surface area (Å²) in [5, 5.41) is 9.12. The molecule has 0 aliphatic heterocycles. The lowest BCUT2D eigenvalue weighted by molar-refractivity contribution is 0.416. The zero-order chi connectivity index (χ0) is 28.7. The van der Waals surface area contributed by atoms with Crippen molar-refractivity contribution in [2.75, 3.05) is 14.2 Å². The first-order valence-corrected chi connectivity index (χ1v) is 13.5. The maximum absolute atomic E-state index is 5.60. The van der Waals surface area contributed by atoms with Crippen LogP contribution in [0.15, 0.2) is 144 Å². The number of pyridine rings is 2. The van der Waals surface area contributed by atoms with Crippen LogP contribution >= 0.6 is 0 Å². The average molecular weight is 549 g/mol. The second-order valence-electron chi connectivity index (χ2n) is 9.56. The van der Waals surface area contributed by atoms with Gasteiger partial charge in [-0.25, -0.2) is 0 Å². The monoisotopic (exact) mass is 548 g/mol. The van der Waals surface area contributed by atoms with Crippen LogP contribution in [-0.2, 0) is 0 Å². The van der Waals surface area contributed by atoms with E-state index in [-0.39, 0.29) is 0 Å². The molecule has 0 atom stereocenters. The van der Waals surface area contributed by atoms with Gasteiger partial charge in [0, 0.05) is 23.5 Å². The molecule has 42 heavy (non-hydrogen) atoms. The molecule has 0 fully saturated rings. The molecule has 0 saturated heterocycles. The van der Waals surface area contributed by atoms with E-state index in [9.17, 15) is 0 Å². The van der Waals surface area contributed by atoms with Crippen molar-refractivity contribution in [3.8, 4) is 56.3 Å². The van der Waals surface area contributed by atoms with Crippen molar-refractivity contribution in [2.45, 2.75) is 0 Å². The Labute approximate surface area is 245 Å². The molecule has 2 aromatic heterocycles. The van der Waals surface area contributed by atoms with Crippen molar-refractivity contribution in [3.63, 3.8) is 0 Å². The average Bonchev–Trinajstić information content (AvgIpc) is 3.08. The Morgan fingerprint density at radius 1 is 0.452 bits per heavy atom. The molecular weight excluding hydrogens is 520 g/mol. The molecule has 0 bridgehead atoms. The standard InChI is InChI=1S/C36H28N4O2/c1-41-35-17-15-27(23-31(35)33-13-3-5-19-37-33)25-9-7-11-29(21-25)39-40-30-12-8-10-26(22-30)28-16-18-36(42-2)32(24-28)34-14-4-6-20-38-34/h3-24H,1-2H3/b40-39+. The van der Waals surface area contributed by atoms with Gasteiger partial charge in [-0.2, -0.15) is 10.2 Å². The second-order valence-corrected chi connectivity index (χ2v) is 9.56. The molecule has 0 saturated carbocycles. The highest BCUT2D eigenvalue weighted by Crippen LogP contribution is 2.36. The highest BCUT2D eigenvalue weighted by Gasteiger charge is 2.11. The van der Waals surface area contributed by atoms with Gasteiger partial charge in [0.25, 0.3) is 0 Å². The molecule has 4 aromatic carbocycles. The van der Waals surface area contributed by atoms with Gasteiger partial charge >= 0.3 is 0 Å². The fraction of sp³-hybridized carbons (Fsp3) is 0.0556. The maximum atomic E-state index is 5.60. The van der Waals surface area contributed by atoms with Gasteiger partial charge in [-0.1, -0.05) is 48.5 Å². The molecule has 0 aliphatic rings. The second kappa shape index (κ2) is 12.3. The summed E-state index contributed by atoms with van der Waals surface area (Å²) in [5.74, 6) is 1.55. The molecule has 6 nitrogen and oxygen atoms in total. The molecule has 204 valence electrons. The minimum Gasteiger partial charge on any atom is -0.496 e. The number of hydrogen-bond donors (Lipinski definition) is 0. The van der Waals surface area contributed by atoms with Gasteiger partial charge in [-0.05, 0) is 95.1 Å². The van der Waals surface area contributed by atoms with Crippen LogP contribution in [0.3, 0.4) is 0 Å². The lowest BCUT2D eigenvalue weighted by atomic mass is 10.00. The van der Waals surface area contributed by atoms with E-state index in [1.807, 2.05) is 97.1 Å². The first-order valence-electron chi connectivity index (χ1n) is 13.5. The molecule has 6 heteroatoms. The molecule has 6 rings (SSSR count). The maximum Gasteiger partial charge on any atom is 0.128 e. The van der Waals surface area contributed by atoms with Gasteiger partial charge in [0.05, 0.1) is 37.0 Å². The predicted octanol–water partition coefficient (Wildman–Crippen LogP) is 9.58. The van der Waals surface area contributed by atoms with Gasteiger partial charge in [-0.15, -0.1) is 0 Å². The third-order valence-electron chi connectivity index (χ3n) is 6.92. The summed E-state index contributed by atoms with van der Waals surface area (Å²) < 4.78 is 11.2. The van der Waals surface area contributed by atoms with Crippen LogP contribution in [0, 0.1) is 0 Å². The highest BCUT2D eigenvalue weighted by atomic mass is 16.5. The fourth-order valence-corrected chi connectivity index (χ4v) is 4.83. The molecule has 0 aliphatic carbocycles. The van der Waals surface area contributed by atoms with Gasteiger partial charge in [0.2, 0.25) is 0 Å². The molecule has 0 radical (unpaired) electrons. The van der Waals surface area contributed by atoms with Crippen molar-refractivity contribution in [1.29, 1.82) is 0 Å². The SMILES string of the molecule is COc1ccc(-c2cccc(/N=N/c3cccc(-c4ccc(OC)c(-c5ccccn5)c4)c3)c2)cc1-c1ccccn1. The Morgan fingerprint density at radius 3 is 1.31 bits per heavy atom. The quantitative estimate of drug-likeness (QED) is 0.178. The van der Waals surface area contributed by atoms with Crippen molar-refractivity contribution >= 4 is 11.4 Å². The Kier molecular flexibility index (Phi) is 7.77. The third kappa shape index (κ3) is 5.78. The zero-order valence-electron chi connectivity index (χ0n) is 23.3. The minimum atomic E-state index is 0.759. The minimum absolute atomic E-state index is 0.759. The van der Waals surface area contributed by atoms with Crippen LogP contribution in [0.25, 0.3) is 44.8 Å². The van der Waals surface area contributed by atoms with Crippen LogP contribution in [0.1, 0.15) is 0 Å². The van der Waals surface area contributed by atoms with Gasteiger partial charge in [0.15, 0.2) is 0 Å². The Bertz CT molecular complexity index is 1720. The smallest absolute Gasteiger partial charge is 0.128 e. The van der Waals surface area contributed by atoms with Gasteiger partial charge in [-0.3, -0.25) is 9.97 Å². The number of methoxy groups -OCH3 is 2.